The van der Waals surface area contributed by atoms with Gasteiger partial charge in [-0.2, -0.15) is 0 Å². The van der Waals surface area contributed by atoms with Crippen LogP contribution in [0.2, 0.25) is 0 Å². The van der Waals surface area contributed by atoms with Crippen LogP contribution in [0.1, 0.15) is 32.3 Å². The molecule has 1 fully saturated rings. The van der Waals surface area contributed by atoms with Crippen LogP contribution in [0.4, 0.5) is 4.39 Å². The smallest absolute Gasteiger partial charge is 0.123 e. The summed E-state index contributed by atoms with van der Waals surface area (Å²) >= 11 is 0. The van der Waals surface area contributed by atoms with E-state index in [0.717, 1.165) is 19.6 Å². The molecule has 1 heterocycles. The van der Waals surface area contributed by atoms with Gasteiger partial charge in [-0.1, -0.05) is 12.1 Å². The van der Waals surface area contributed by atoms with Gasteiger partial charge in [0.25, 0.3) is 0 Å². The van der Waals surface area contributed by atoms with E-state index in [0.29, 0.717) is 6.04 Å². The lowest BCUT2D eigenvalue weighted by atomic mass is 10.2. The van der Waals surface area contributed by atoms with Crippen molar-refractivity contribution in [3.8, 4) is 0 Å². The number of halogens is 1. The Bertz CT molecular complexity index is 369. The van der Waals surface area contributed by atoms with Gasteiger partial charge in [-0.3, -0.25) is 4.90 Å². The van der Waals surface area contributed by atoms with E-state index in [1.54, 1.807) is 12.1 Å². The van der Waals surface area contributed by atoms with Crippen LogP contribution in [0.15, 0.2) is 24.3 Å². The molecule has 1 saturated heterocycles. The van der Waals surface area contributed by atoms with Crippen LogP contribution >= 0.6 is 0 Å². The minimum Gasteiger partial charge on any atom is -0.302 e. The molecule has 0 bridgehead atoms. The van der Waals surface area contributed by atoms with Crippen LogP contribution in [0.5, 0.6) is 0 Å². The second kappa shape index (κ2) is 7.01. The van der Waals surface area contributed by atoms with Crippen molar-refractivity contribution in [1.82, 2.24) is 9.80 Å². The first-order chi connectivity index (χ1) is 9.15. The van der Waals surface area contributed by atoms with Crippen LogP contribution < -0.4 is 0 Å². The van der Waals surface area contributed by atoms with Crippen molar-refractivity contribution >= 4 is 0 Å². The highest BCUT2D eigenvalue weighted by Gasteiger charge is 2.15. The van der Waals surface area contributed by atoms with E-state index in [1.165, 1.54) is 31.5 Å². The lowest BCUT2D eigenvalue weighted by Crippen LogP contribution is -2.37. The van der Waals surface area contributed by atoms with Crippen molar-refractivity contribution in [3.63, 3.8) is 0 Å². The van der Waals surface area contributed by atoms with E-state index in [2.05, 4.69) is 23.6 Å². The van der Waals surface area contributed by atoms with Crippen molar-refractivity contribution in [2.75, 3.05) is 26.2 Å². The first kappa shape index (κ1) is 14.5. The number of likely N-dealkylation sites (tertiary alicyclic amines) is 1. The quantitative estimate of drug-likeness (QED) is 0.779. The SMILES string of the molecule is CC(C)N(CCN1CCCC1)Cc1ccc(F)cc1. The maximum absolute atomic E-state index is 12.9. The van der Waals surface area contributed by atoms with E-state index in [4.69, 9.17) is 0 Å². The van der Waals surface area contributed by atoms with Crippen LogP contribution in [0.25, 0.3) is 0 Å². The lowest BCUT2D eigenvalue weighted by Gasteiger charge is -2.28. The maximum atomic E-state index is 12.9. The molecule has 0 radical (unpaired) electrons. The van der Waals surface area contributed by atoms with Crippen molar-refractivity contribution in [3.05, 3.63) is 35.6 Å². The first-order valence-electron chi connectivity index (χ1n) is 7.36. The molecule has 1 aliphatic rings. The summed E-state index contributed by atoms with van der Waals surface area (Å²) < 4.78 is 12.9. The molecule has 0 atom stereocenters. The lowest BCUT2D eigenvalue weighted by molar-refractivity contribution is 0.181. The van der Waals surface area contributed by atoms with E-state index in [1.807, 2.05) is 12.1 Å². The summed E-state index contributed by atoms with van der Waals surface area (Å²) in [5, 5.41) is 0. The number of hydrogen-bond donors (Lipinski definition) is 0. The molecule has 2 rings (SSSR count). The van der Waals surface area contributed by atoms with Gasteiger partial charge in [-0.15, -0.1) is 0 Å². The number of nitrogens with zero attached hydrogens (tertiary/aromatic N) is 2. The van der Waals surface area contributed by atoms with Crippen LogP contribution in [-0.2, 0) is 6.54 Å². The fourth-order valence-corrected chi connectivity index (χ4v) is 2.62. The molecule has 0 N–H and O–H groups in total. The zero-order valence-electron chi connectivity index (χ0n) is 12.1. The van der Waals surface area contributed by atoms with E-state index in [9.17, 15) is 4.39 Å². The largest absolute Gasteiger partial charge is 0.302 e. The first-order valence-corrected chi connectivity index (χ1v) is 7.36. The summed E-state index contributed by atoms with van der Waals surface area (Å²) in [6.45, 7) is 10.1. The van der Waals surface area contributed by atoms with E-state index in [-0.39, 0.29) is 5.82 Å². The molecule has 106 valence electrons. The number of hydrogen-bond acceptors (Lipinski definition) is 2. The Balaban J connectivity index is 1.86. The molecule has 0 spiro atoms. The Morgan fingerprint density at radius 3 is 2.37 bits per heavy atom. The normalized spacial score (nSPS) is 16.7. The molecule has 1 aliphatic heterocycles. The fraction of sp³-hybridized carbons (Fsp3) is 0.625. The van der Waals surface area contributed by atoms with Gasteiger partial charge in [0.15, 0.2) is 0 Å². The zero-order valence-corrected chi connectivity index (χ0v) is 12.1. The standard InChI is InChI=1S/C16H25FN2/c1-14(2)19(12-11-18-9-3-4-10-18)13-15-5-7-16(17)8-6-15/h5-8,14H,3-4,9-13H2,1-2H3. The third-order valence-corrected chi connectivity index (χ3v) is 3.93. The van der Waals surface area contributed by atoms with Gasteiger partial charge in [0, 0.05) is 25.7 Å². The third kappa shape index (κ3) is 4.59. The Labute approximate surface area is 116 Å². The Morgan fingerprint density at radius 1 is 1.16 bits per heavy atom. The minimum absolute atomic E-state index is 0.156. The van der Waals surface area contributed by atoms with E-state index < -0.39 is 0 Å². The second-order valence-corrected chi connectivity index (χ2v) is 5.74. The summed E-state index contributed by atoms with van der Waals surface area (Å²) in [4.78, 5) is 5.01. The summed E-state index contributed by atoms with van der Waals surface area (Å²) in [7, 11) is 0. The predicted molar refractivity (Wildman–Crippen MR) is 77.6 cm³/mol. The van der Waals surface area contributed by atoms with Gasteiger partial charge in [0.1, 0.15) is 5.82 Å². The fourth-order valence-electron chi connectivity index (χ4n) is 2.62. The van der Waals surface area contributed by atoms with Gasteiger partial charge in [-0.25, -0.2) is 4.39 Å². The van der Waals surface area contributed by atoms with Gasteiger partial charge >= 0.3 is 0 Å². The van der Waals surface area contributed by atoms with Crippen LogP contribution in [0.3, 0.4) is 0 Å². The van der Waals surface area contributed by atoms with Gasteiger partial charge < -0.3 is 4.90 Å². The summed E-state index contributed by atoms with van der Waals surface area (Å²) in [6, 6.07) is 7.40. The summed E-state index contributed by atoms with van der Waals surface area (Å²) in [5.74, 6) is -0.156. The molecule has 0 aromatic heterocycles. The van der Waals surface area contributed by atoms with E-state index >= 15 is 0 Å². The van der Waals surface area contributed by atoms with Gasteiger partial charge in [0.2, 0.25) is 0 Å². The minimum atomic E-state index is -0.156. The van der Waals surface area contributed by atoms with Crippen molar-refractivity contribution in [2.24, 2.45) is 0 Å². The molecule has 0 unspecified atom stereocenters. The number of rotatable bonds is 6. The van der Waals surface area contributed by atoms with Crippen LogP contribution in [-0.4, -0.2) is 42.0 Å². The predicted octanol–water partition coefficient (Wildman–Crippen LogP) is 3.13. The second-order valence-electron chi connectivity index (χ2n) is 5.74. The highest BCUT2D eigenvalue weighted by Crippen LogP contribution is 2.11. The molecule has 0 aliphatic carbocycles. The summed E-state index contributed by atoms with van der Waals surface area (Å²) in [5.41, 5.74) is 1.19. The zero-order chi connectivity index (χ0) is 13.7. The van der Waals surface area contributed by atoms with Crippen LogP contribution in [0, 0.1) is 5.82 Å². The Kier molecular flexibility index (Phi) is 5.34. The Morgan fingerprint density at radius 2 is 1.79 bits per heavy atom. The number of benzene rings is 1. The molecular weight excluding hydrogens is 239 g/mol. The monoisotopic (exact) mass is 264 g/mol. The molecule has 2 nitrogen and oxygen atoms in total. The molecular formula is C16H25FN2. The molecule has 1 aromatic rings. The maximum Gasteiger partial charge on any atom is 0.123 e. The molecule has 3 heteroatoms. The van der Waals surface area contributed by atoms with Crippen molar-refractivity contribution < 1.29 is 4.39 Å². The van der Waals surface area contributed by atoms with Gasteiger partial charge in [-0.05, 0) is 57.5 Å². The summed E-state index contributed by atoms with van der Waals surface area (Å²) in [6.07, 6.45) is 2.69. The highest BCUT2D eigenvalue weighted by molar-refractivity contribution is 5.15. The Hall–Kier alpha value is -0.930. The third-order valence-electron chi connectivity index (χ3n) is 3.93. The average molecular weight is 264 g/mol. The molecule has 19 heavy (non-hydrogen) atoms. The molecule has 0 saturated carbocycles. The molecule has 0 amide bonds. The van der Waals surface area contributed by atoms with Crippen molar-refractivity contribution in [1.29, 1.82) is 0 Å². The highest BCUT2D eigenvalue weighted by atomic mass is 19.1. The molecule has 1 aromatic carbocycles. The van der Waals surface area contributed by atoms with Crippen molar-refractivity contribution in [2.45, 2.75) is 39.3 Å². The topological polar surface area (TPSA) is 6.48 Å². The average Bonchev–Trinajstić information content (AvgIpc) is 2.89. The van der Waals surface area contributed by atoms with Gasteiger partial charge in [0.05, 0.1) is 0 Å².